The second-order valence-electron chi connectivity index (χ2n) is 5.70. The second kappa shape index (κ2) is 4.92. The maximum atomic E-state index is 5.25. The topological polar surface area (TPSA) is 27.1 Å². The van der Waals surface area contributed by atoms with Gasteiger partial charge in [0.15, 0.2) is 0 Å². The summed E-state index contributed by atoms with van der Waals surface area (Å²) in [6.45, 7) is 0. The fraction of sp³-hybridized carbons (Fsp3) is 0.278. The molecule has 4 rings (SSSR count). The highest BCUT2D eigenvalue weighted by Gasteiger charge is 2.25. The third kappa shape index (κ3) is 2.29. The minimum absolute atomic E-state index is 0.818. The minimum atomic E-state index is 0.818. The first-order valence-electron chi connectivity index (χ1n) is 7.46. The standard InChI is InChI=1S/C18H18N2O/c1-21-15-10-8-14(9-11-15)20-17-5-3-2-4-16(17)19-18(20)12-13-6-7-13/h2-5,8-11,13H,6-7,12H2,1H3. The van der Waals surface area contributed by atoms with Crippen LogP contribution in [0.15, 0.2) is 48.5 Å². The monoisotopic (exact) mass is 278 g/mol. The van der Waals surface area contributed by atoms with Crippen LogP contribution in [0.1, 0.15) is 18.7 Å². The lowest BCUT2D eigenvalue weighted by atomic mass is 10.2. The normalized spacial score (nSPS) is 14.5. The minimum Gasteiger partial charge on any atom is -0.497 e. The summed E-state index contributed by atoms with van der Waals surface area (Å²) in [7, 11) is 1.69. The first kappa shape index (κ1) is 12.5. The number of methoxy groups -OCH3 is 1. The molecular formula is C18H18N2O. The van der Waals surface area contributed by atoms with Gasteiger partial charge in [0, 0.05) is 12.1 Å². The van der Waals surface area contributed by atoms with E-state index in [0.717, 1.165) is 29.3 Å². The highest BCUT2D eigenvalue weighted by Crippen LogP contribution is 2.34. The Morgan fingerprint density at radius 2 is 1.86 bits per heavy atom. The number of nitrogens with zero attached hydrogens (tertiary/aromatic N) is 2. The van der Waals surface area contributed by atoms with Crippen molar-refractivity contribution in [3.63, 3.8) is 0 Å². The van der Waals surface area contributed by atoms with Crippen LogP contribution in [0.4, 0.5) is 0 Å². The van der Waals surface area contributed by atoms with E-state index in [1.165, 1.54) is 24.2 Å². The first-order chi connectivity index (χ1) is 10.3. The molecule has 0 atom stereocenters. The van der Waals surface area contributed by atoms with Crippen molar-refractivity contribution in [3.8, 4) is 11.4 Å². The van der Waals surface area contributed by atoms with Gasteiger partial charge in [0.25, 0.3) is 0 Å². The molecule has 1 aromatic heterocycles. The number of imidazole rings is 1. The van der Waals surface area contributed by atoms with E-state index in [-0.39, 0.29) is 0 Å². The summed E-state index contributed by atoms with van der Waals surface area (Å²) >= 11 is 0. The van der Waals surface area contributed by atoms with Gasteiger partial charge in [0.2, 0.25) is 0 Å². The Morgan fingerprint density at radius 1 is 1.10 bits per heavy atom. The number of rotatable bonds is 4. The molecule has 21 heavy (non-hydrogen) atoms. The van der Waals surface area contributed by atoms with Gasteiger partial charge in [-0.05, 0) is 55.2 Å². The average molecular weight is 278 g/mol. The van der Waals surface area contributed by atoms with Gasteiger partial charge in [-0.3, -0.25) is 4.57 Å². The van der Waals surface area contributed by atoms with E-state index in [4.69, 9.17) is 9.72 Å². The van der Waals surface area contributed by atoms with Crippen LogP contribution in [0.3, 0.4) is 0 Å². The van der Waals surface area contributed by atoms with E-state index < -0.39 is 0 Å². The smallest absolute Gasteiger partial charge is 0.119 e. The molecule has 2 aromatic carbocycles. The quantitative estimate of drug-likeness (QED) is 0.721. The van der Waals surface area contributed by atoms with E-state index in [2.05, 4.69) is 41.0 Å². The number of benzene rings is 2. The molecule has 0 spiro atoms. The highest BCUT2D eigenvalue weighted by atomic mass is 16.5. The Morgan fingerprint density at radius 3 is 2.57 bits per heavy atom. The van der Waals surface area contributed by atoms with E-state index in [9.17, 15) is 0 Å². The molecule has 0 aliphatic heterocycles. The summed E-state index contributed by atoms with van der Waals surface area (Å²) in [5.74, 6) is 2.87. The SMILES string of the molecule is COc1ccc(-n2c(CC3CC3)nc3ccccc32)cc1. The van der Waals surface area contributed by atoms with Crippen LogP contribution >= 0.6 is 0 Å². The van der Waals surface area contributed by atoms with Crippen LogP contribution in [-0.4, -0.2) is 16.7 Å². The molecule has 3 heteroatoms. The molecule has 1 heterocycles. The van der Waals surface area contributed by atoms with Gasteiger partial charge in [-0.2, -0.15) is 0 Å². The fourth-order valence-electron chi connectivity index (χ4n) is 2.81. The van der Waals surface area contributed by atoms with Crippen LogP contribution < -0.4 is 4.74 Å². The van der Waals surface area contributed by atoms with Crippen molar-refractivity contribution in [3.05, 3.63) is 54.4 Å². The molecule has 3 aromatic rings. The van der Waals surface area contributed by atoms with Crippen molar-refractivity contribution in [1.29, 1.82) is 0 Å². The van der Waals surface area contributed by atoms with Crippen molar-refractivity contribution in [1.82, 2.24) is 9.55 Å². The van der Waals surface area contributed by atoms with Crippen LogP contribution in [0.25, 0.3) is 16.7 Å². The molecule has 0 N–H and O–H groups in total. The summed E-state index contributed by atoms with van der Waals surface area (Å²) in [5, 5.41) is 0. The van der Waals surface area contributed by atoms with Gasteiger partial charge in [-0.25, -0.2) is 4.98 Å². The number of ether oxygens (including phenoxy) is 1. The third-order valence-electron chi connectivity index (χ3n) is 4.13. The summed E-state index contributed by atoms with van der Waals surface area (Å²) in [6.07, 6.45) is 3.75. The van der Waals surface area contributed by atoms with Crippen LogP contribution in [0.5, 0.6) is 5.75 Å². The second-order valence-corrected chi connectivity index (χ2v) is 5.70. The zero-order valence-electron chi connectivity index (χ0n) is 12.1. The number of para-hydroxylation sites is 2. The predicted molar refractivity (Wildman–Crippen MR) is 84.1 cm³/mol. The molecular weight excluding hydrogens is 260 g/mol. The summed E-state index contributed by atoms with van der Waals surface area (Å²) < 4.78 is 7.54. The summed E-state index contributed by atoms with van der Waals surface area (Å²) in [4.78, 5) is 4.84. The zero-order chi connectivity index (χ0) is 14.2. The van der Waals surface area contributed by atoms with E-state index >= 15 is 0 Å². The van der Waals surface area contributed by atoms with Gasteiger partial charge in [-0.15, -0.1) is 0 Å². The van der Waals surface area contributed by atoms with Gasteiger partial charge >= 0.3 is 0 Å². The largest absolute Gasteiger partial charge is 0.497 e. The van der Waals surface area contributed by atoms with Gasteiger partial charge < -0.3 is 4.74 Å². The first-order valence-corrected chi connectivity index (χ1v) is 7.46. The number of fused-ring (bicyclic) bond motifs is 1. The maximum Gasteiger partial charge on any atom is 0.119 e. The van der Waals surface area contributed by atoms with Gasteiger partial charge in [0.05, 0.1) is 18.1 Å². The molecule has 0 radical (unpaired) electrons. The Bertz CT molecular complexity index is 770. The molecule has 0 bridgehead atoms. The van der Waals surface area contributed by atoms with Crippen molar-refractivity contribution in [2.24, 2.45) is 5.92 Å². The Kier molecular flexibility index (Phi) is 2.92. The molecule has 106 valence electrons. The van der Waals surface area contributed by atoms with Crippen molar-refractivity contribution >= 4 is 11.0 Å². The van der Waals surface area contributed by atoms with Gasteiger partial charge in [0.1, 0.15) is 11.6 Å². The third-order valence-corrected chi connectivity index (χ3v) is 4.13. The Labute approximate surface area is 124 Å². The number of hydrogen-bond donors (Lipinski definition) is 0. The van der Waals surface area contributed by atoms with Crippen LogP contribution in [0, 0.1) is 5.92 Å². The van der Waals surface area contributed by atoms with Gasteiger partial charge in [-0.1, -0.05) is 12.1 Å². The molecule has 0 saturated heterocycles. The molecule has 1 fully saturated rings. The molecule has 1 aliphatic carbocycles. The van der Waals surface area contributed by atoms with E-state index in [1.807, 2.05) is 12.1 Å². The Hall–Kier alpha value is -2.29. The number of hydrogen-bond acceptors (Lipinski definition) is 2. The summed E-state index contributed by atoms with van der Waals surface area (Å²) in [6, 6.07) is 16.6. The average Bonchev–Trinajstić information content (AvgIpc) is 3.26. The Balaban J connectivity index is 1.86. The maximum absolute atomic E-state index is 5.25. The lowest BCUT2D eigenvalue weighted by Crippen LogP contribution is -2.02. The molecule has 1 aliphatic rings. The van der Waals surface area contributed by atoms with Crippen molar-refractivity contribution in [2.45, 2.75) is 19.3 Å². The van der Waals surface area contributed by atoms with E-state index in [1.54, 1.807) is 7.11 Å². The lowest BCUT2D eigenvalue weighted by Gasteiger charge is -2.10. The fourth-order valence-corrected chi connectivity index (χ4v) is 2.81. The molecule has 0 unspecified atom stereocenters. The molecule has 3 nitrogen and oxygen atoms in total. The lowest BCUT2D eigenvalue weighted by molar-refractivity contribution is 0.414. The summed E-state index contributed by atoms with van der Waals surface area (Å²) in [5.41, 5.74) is 3.41. The van der Waals surface area contributed by atoms with Crippen LogP contribution in [-0.2, 0) is 6.42 Å². The van der Waals surface area contributed by atoms with Crippen LogP contribution in [0.2, 0.25) is 0 Å². The molecule has 0 amide bonds. The highest BCUT2D eigenvalue weighted by molar-refractivity contribution is 5.78. The number of aromatic nitrogens is 2. The van der Waals surface area contributed by atoms with E-state index in [0.29, 0.717) is 0 Å². The van der Waals surface area contributed by atoms with Crippen molar-refractivity contribution in [2.75, 3.05) is 7.11 Å². The molecule has 1 saturated carbocycles. The predicted octanol–water partition coefficient (Wildman–Crippen LogP) is 3.99. The van der Waals surface area contributed by atoms with Crippen molar-refractivity contribution < 1.29 is 4.74 Å². The zero-order valence-corrected chi connectivity index (χ0v) is 12.1.